The van der Waals surface area contributed by atoms with Gasteiger partial charge in [-0.1, -0.05) is 0 Å². The fraction of sp³-hybridized carbons (Fsp3) is 0.667. The third-order valence-corrected chi connectivity index (χ3v) is 1.28. The summed E-state index contributed by atoms with van der Waals surface area (Å²) < 4.78 is 14.0. The van der Waals surface area contributed by atoms with Gasteiger partial charge >= 0.3 is 17.9 Å². The van der Waals surface area contributed by atoms with E-state index in [1.807, 2.05) is 0 Å². The zero-order chi connectivity index (χ0) is 11.8. The Balaban J connectivity index is 0. The normalized spacial score (nSPS) is 9.00. The predicted molar refractivity (Wildman–Crippen MR) is 56.1 cm³/mol. The van der Waals surface area contributed by atoms with Crippen molar-refractivity contribution in [1.82, 2.24) is 0 Å². The predicted octanol–water partition coefficient (Wildman–Crippen LogP) is 0.466. The number of hydrogen-bond acceptors (Lipinski definition) is 6. The summed E-state index contributed by atoms with van der Waals surface area (Å²) in [7, 11) is 0. The monoisotopic (exact) mass is 254 g/mol. The van der Waals surface area contributed by atoms with Crippen molar-refractivity contribution < 1.29 is 28.6 Å². The van der Waals surface area contributed by atoms with Crippen molar-refractivity contribution in [1.29, 1.82) is 0 Å². The Hall–Kier alpha value is -1.30. The summed E-state index contributed by atoms with van der Waals surface area (Å²) in [6.07, 6.45) is -0.754. The van der Waals surface area contributed by atoms with E-state index in [1.165, 1.54) is 20.8 Å². The molecule has 7 heteroatoms. The molecule has 0 aliphatic rings. The summed E-state index contributed by atoms with van der Waals surface area (Å²) in [6, 6.07) is 0. The van der Waals surface area contributed by atoms with E-state index < -0.39 is 24.0 Å². The second kappa shape index (κ2) is 8.96. The molecule has 0 aromatic carbocycles. The van der Waals surface area contributed by atoms with E-state index in [0.29, 0.717) is 0 Å². The summed E-state index contributed by atoms with van der Waals surface area (Å²) in [5.41, 5.74) is 0. The van der Waals surface area contributed by atoms with Crippen LogP contribution in [0.15, 0.2) is 0 Å². The molecular weight excluding hydrogens is 240 g/mol. The zero-order valence-electron chi connectivity index (χ0n) is 9.35. The van der Waals surface area contributed by atoms with E-state index in [1.54, 1.807) is 0 Å². The van der Waals surface area contributed by atoms with Crippen molar-refractivity contribution in [3.05, 3.63) is 0 Å². The first-order valence-corrected chi connectivity index (χ1v) is 4.35. The Kier molecular flexibility index (Phi) is 9.58. The van der Waals surface area contributed by atoms with Gasteiger partial charge in [0.15, 0.2) is 6.10 Å². The Morgan fingerprint density at radius 2 is 1.25 bits per heavy atom. The van der Waals surface area contributed by atoms with Crippen LogP contribution in [0, 0.1) is 0 Å². The topological polar surface area (TPSA) is 78.9 Å². The lowest BCUT2D eigenvalue weighted by molar-refractivity contribution is -0.163. The molecule has 0 rings (SSSR count). The molecule has 0 aromatic heterocycles. The average molecular weight is 255 g/mol. The van der Waals surface area contributed by atoms with Crippen LogP contribution in [0.25, 0.3) is 0 Å². The molecule has 0 amide bonds. The Labute approximate surface area is 99.6 Å². The maximum atomic E-state index is 10.6. The standard InChI is InChI=1S/C9H14O6.ClH/c1-6(10)13-4-9(15-8(3)12)5-14-7(2)11;/h9H,4-5H2,1-3H3;1H. The number of carbonyl (C=O) groups is 3. The van der Waals surface area contributed by atoms with Crippen LogP contribution >= 0.6 is 12.4 Å². The summed E-state index contributed by atoms with van der Waals surface area (Å²) in [6.45, 7) is 3.44. The number of ether oxygens (including phenoxy) is 3. The Morgan fingerprint density at radius 3 is 1.50 bits per heavy atom. The van der Waals surface area contributed by atoms with Gasteiger partial charge in [-0.2, -0.15) is 0 Å². The van der Waals surface area contributed by atoms with Gasteiger partial charge in [0.25, 0.3) is 0 Å². The van der Waals surface area contributed by atoms with Crippen molar-refractivity contribution in [3.63, 3.8) is 0 Å². The molecule has 16 heavy (non-hydrogen) atoms. The molecule has 0 N–H and O–H groups in total. The number of rotatable bonds is 5. The van der Waals surface area contributed by atoms with Gasteiger partial charge < -0.3 is 14.2 Å². The molecule has 0 aliphatic heterocycles. The molecule has 0 aromatic rings. The van der Waals surface area contributed by atoms with E-state index >= 15 is 0 Å². The fourth-order valence-electron chi connectivity index (χ4n) is 0.771. The van der Waals surface area contributed by atoms with Crippen LogP contribution in [-0.4, -0.2) is 37.2 Å². The van der Waals surface area contributed by atoms with Crippen LogP contribution in [0.3, 0.4) is 0 Å². The van der Waals surface area contributed by atoms with Crippen LogP contribution in [0.2, 0.25) is 0 Å². The van der Waals surface area contributed by atoms with Crippen LogP contribution in [-0.2, 0) is 28.6 Å². The van der Waals surface area contributed by atoms with Crippen molar-refractivity contribution in [2.45, 2.75) is 26.9 Å². The van der Waals surface area contributed by atoms with Crippen molar-refractivity contribution in [2.75, 3.05) is 13.2 Å². The van der Waals surface area contributed by atoms with E-state index in [9.17, 15) is 14.4 Å². The quantitative estimate of drug-likeness (QED) is 0.524. The fourth-order valence-corrected chi connectivity index (χ4v) is 0.771. The van der Waals surface area contributed by atoms with Gasteiger partial charge in [-0.25, -0.2) is 0 Å². The zero-order valence-corrected chi connectivity index (χ0v) is 10.2. The van der Waals surface area contributed by atoms with Crippen molar-refractivity contribution in [3.8, 4) is 0 Å². The molecule has 94 valence electrons. The highest BCUT2D eigenvalue weighted by Gasteiger charge is 2.15. The number of halogens is 1. The lowest BCUT2D eigenvalue weighted by Crippen LogP contribution is -2.29. The largest absolute Gasteiger partial charge is 0.462 e. The number of esters is 3. The molecule has 0 saturated heterocycles. The SMILES string of the molecule is CC(=O)OCC(COC(C)=O)OC(C)=O.Cl. The first kappa shape index (κ1) is 17.1. The lowest BCUT2D eigenvalue weighted by Gasteiger charge is -2.15. The van der Waals surface area contributed by atoms with E-state index in [-0.39, 0.29) is 25.6 Å². The van der Waals surface area contributed by atoms with Gasteiger partial charge in [-0.05, 0) is 0 Å². The van der Waals surface area contributed by atoms with Crippen LogP contribution in [0.5, 0.6) is 0 Å². The van der Waals surface area contributed by atoms with Gasteiger partial charge in [0, 0.05) is 20.8 Å². The molecular formula is C9H15ClO6. The minimum atomic E-state index is -0.754. The maximum absolute atomic E-state index is 10.6. The molecule has 0 spiro atoms. The third-order valence-electron chi connectivity index (χ3n) is 1.28. The van der Waals surface area contributed by atoms with E-state index in [2.05, 4.69) is 9.47 Å². The molecule has 0 radical (unpaired) electrons. The van der Waals surface area contributed by atoms with Gasteiger partial charge in [-0.3, -0.25) is 14.4 Å². The van der Waals surface area contributed by atoms with Crippen LogP contribution < -0.4 is 0 Å². The lowest BCUT2D eigenvalue weighted by atomic mass is 10.4. The minimum Gasteiger partial charge on any atom is -0.462 e. The number of hydrogen-bond donors (Lipinski definition) is 0. The molecule has 0 unspecified atom stereocenters. The summed E-state index contributed by atoms with van der Waals surface area (Å²) >= 11 is 0. The summed E-state index contributed by atoms with van der Waals surface area (Å²) in [5.74, 6) is -1.51. The van der Waals surface area contributed by atoms with Gasteiger partial charge in [0.2, 0.25) is 0 Å². The van der Waals surface area contributed by atoms with Crippen LogP contribution in [0.1, 0.15) is 20.8 Å². The molecule has 0 aliphatic carbocycles. The Bertz CT molecular complexity index is 234. The first-order valence-electron chi connectivity index (χ1n) is 4.35. The second-order valence-electron chi connectivity index (χ2n) is 2.84. The molecule has 0 atom stereocenters. The second-order valence-corrected chi connectivity index (χ2v) is 2.84. The van der Waals surface area contributed by atoms with E-state index in [4.69, 9.17) is 4.74 Å². The molecule has 0 bridgehead atoms. The highest BCUT2D eigenvalue weighted by molar-refractivity contribution is 5.85. The smallest absolute Gasteiger partial charge is 0.303 e. The molecule has 6 nitrogen and oxygen atoms in total. The average Bonchev–Trinajstić information content (AvgIpc) is 2.08. The molecule has 0 fully saturated rings. The first-order chi connectivity index (χ1) is 6.91. The summed E-state index contributed by atoms with van der Waals surface area (Å²) in [4.78, 5) is 31.6. The highest BCUT2D eigenvalue weighted by Crippen LogP contribution is 1.97. The van der Waals surface area contributed by atoms with Gasteiger partial charge in [0.1, 0.15) is 13.2 Å². The maximum Gasteiger partial charge on any atom is 0.303 e. The highest BCUT2D eigenvalue weighted by atomic mass is 35.5. The number of carbonyl (C=O) groups excluding carboxylic acids is 3. The molecule has 0 heterocycles. The summed E-state index contributed by atoms with van der Waals surface area (Å²) in [5, 5.41) is 0. The van der Waals surface area contributed by atoms with E-state index in [0.717, 1.165) is 0 Å². The van der Waals surface area contributed by atoms with Crippen LogP contribution in [0.4, 0.5) is 0 Å². The third kappa shape index (κ3) is 10.8. The van der Waals surface area contributed by atoms with Crippen molar-refractivity contribution >= 4 is 30.3 Å². The minimum absolute atomic E-state index is 0. The van der Waals surface area contributed by atoms with Crippen molar-refractivity contribution in [2.24, 2.45) is 0 Å². The van der Waals surface area contributed by atoms with Gasteiger partial charge in [0.05, 0.1) is 0 Å². The van der Waals surface area contributed by atoms with Gasteiger partial charge in [-0.15, -0.1) is 12.4 Å². The Morgan fingerprint density at radius 1 is 0.875 bits per heavy atom. The molecule has 0 saturated carbocycles.